The average molecular weight is 1120 g/mol. The summed E-state index contributed by atoms with van der Waals surface area (Å²) in [6.07, 6.45) is 2.61. The summed E-state index contributed by atoms with van der Waals surface area (Å²) in [6.45, 7) is 0. The number of nitrogen functional groups attached to an aromatic ring is 1. The van der Waals surface area contributed by atoms with E-state index in [0.29, 0.717) is 72.5 Å². The summed E-state index contributed by atoms with van der Waals surface area (Å²) >= 11 is 5.23. The van der Waals surface area contributed by atoms with Crippen molar-refractivity contribution in [2.45, 2.75) is 38.5 Å². The van der Waals surface area contributed by atoms with Gasteiger partial charge in [0.05, 0.1) is 56.7 Å². The molecule has 9 aromatic rings. The summed E-state index contributed by atoms with van der Waals surface area (Å²) in [7, 11) is 4.84. The lowest BCUT2D eigenvalue weighted by molar-refractivity contribution is -0.111. The van der Waals surface area contributed by atoms with E-state index in [4.69, 9.17) is 61.7 Å². The van der Waals surface area contributed by atoms with E-state index in [-0.39, 0.29) is 34.5 Å². The highest BCUT2D eigenvalue weighted by Gasteiger charge is 2.13. The summed E-state index contributed by atoms with van der Waals surface area (Å²) in [6, 6.07) is 50.0. The van der Waals surface area contributed by atoms with Crippen LogP contribution in [0.4, 0.5) is 11.4 Å². The first-order valence-corrected chi connectivity index (χ1v) is 25.0. The number of aromatic nitrogens is 4. The van der Waals surface area contributed by atoms with Crippen LogP contribution in [-0.2, 0) is 43.3 Å². The number of aromatic carboxylic acids is 2. The minimum atomic E-state index is -0.972. The highest BCUT2D eigenvalue weighted by Crippen LogP contribution is 2.21. The van der Waals surface area contributed by atoms with Gasteiger partial charge in [0.1, 0.15) is 23.1 Å². The van der Waals surface area contributed by atoms with E-state index in [1.54, 1.807) is 88.1 Å². The second-order valence-corrected chi connectivity index (χ2v) is 17.9. The molecule has 0 radical (unpaired) electrons. The molecule has 0 unspecified atom stereocenters. The number of amides is 1. The number of carboxylic acid groups (broad SMARTS) is 2. The van der Waals surface area contributed by atoms with E-state index in [1.807, 2.05) is 91.0 Å². The molecule has 0 aliphatic rings. The molecule has 0 fully saturated rings. The molecule has 7 aromatic carbocycles. The number of methoxy groups -OCH3 is 3. The van der Waals surface area contributed by atoms with Gasteiger partial charge in [-0.15, -0.1) is 0 Å². The zero-order valence-corrected chi connectivity index (χ0v) is 44.9. The number of nitrogens with one attached hydrogen (secondary N) is 1. The summed E-state index contributed by atoms with van der Waals surface area (Å²) in [5, 5.41) is 39.1. The predicted octanol–water partition coefficient (Wildman–Crippen LogP) is 9.73. The maximum atomic E-state index is 12.4. The normalized spacial score (nSPS) is 10.5. The third-order valence-corrected chi connectivity index (χ3v) is 11.7. The van der Waals surface area contributed by atoms with Crippen molar-refractivity contribution in [1.29, 1.82) is 0 Å². The van der Waals surface area contributed by atoms with Gasteiger partial charge in [-0.1, -0.05) is 100 Å². The molecule has 81 heavy (non-hydrogen) atoms. The predicted molar refractivity (Wildman–Crippen MR) is 303 cm³/mol. The summed E-state index contributed by atoms with van der Waals surface area (Å²) in [4.78, 5) is 53.2. The number of carbonyl (C=O) groups is 4. The Balaban J connectivity index is 0.000000187. The summed E-state index contributed by atoms with van der Waals surface area (Å²) in [5.74, 6) is 2.50. The molecule has 9 rings (SSSR count). The van der Waals surface area contributed by atoms with Crippen molar-refractivity contribution < 1.29 is 57.9 Å². The second kappa shape index (κ2) is 30.6. The number of halogens is 1. The molecule has 1 amide bonds. The fraction of sp³-hybridized carbons (Fsp3) is 0.150. The number of hydrogen-bond acceptors (Lipinski definition) is 16. The Morgan fingerprint density at radius 2 is 0.951 bits per heavy atom. The molecule has 20 nitrogen and oxygen atoms in total. The molecule has 0 aliphatic carbocycles. The topological polar surface area (TPSA) is 311 Å². The molecule has 0 saturated carbocycles. The third kappa shape index (κ3) is 19.9. The number of nitrogens with two attached hydrogens (primary N) is 2. The van der Waals surface area contributed by atoms with Crippen LogP contribution in [0.2, 0.25) is 0 Å². The third-order valence-electron chi connectivity index (χ3n) is 11.5. The average Bonchev–Trinajstić information content (AvgIpc) is 4.12. The minimum absolute atomic E-state index is 0.0908. The van der Waals surface area contributed by atoms with E-state index in [0.717, 1.165) is 50.6 Å². The highest BCUT2D eigenvalue weighted by molar-refractivity contribution is 6.63. The van der Waals surface area contributed by atoms with Crippen LogP contribution in [-0.4, -0.2) is 86.0 Å². The molecule has 0 atom stereocenters. The largest absolute Gasteiger partial charge is 0.497 e. The number of oxime groups is 1. The number of nitrogens with zero attached hydrogens (tertiary/aromatic N) is 5. The number of anilines is 2. The SMILES string of the molecule is COc1cccc(CC(=O)Cl)c1.COc1cccc(Cc2nc(Cc3ccc(C(=O)Nc4ccccc4N)cc3)no2)c1.COc1cccc(Cc2nc(Cc3ccc(C(=O)O)cc3)no2)c1.N/C(Cc1ccc(C(=O)O)cc1)=N\O. The van der Waals surface area contributed by atoms with Gasteiger partial charge in [0.25, 0.3) is 5.91 Å². The minimum Gasteiger partial charge on any atom is -0.497 e. The van der Waals surface area contributed by atoms with Gasteiger partial charge in [0, 0.05) is 31.2 Å². The maximum Gasteiger partial charge on any atom is 0.335 e. The molecule has 0 aliphatic heterocycles. The van der Waals surface area contributed by atoms with Gasteiger partial charge in [0.2, 0.25) is 17.0 Å². The Kier molecular flexibility index (Phi) is 22.6. The molecule has 2 heterocycles. The quantitative estimate of drug-likeness (QED) is 0.0110. The Bertz CT molecular complexity index is 3530. The molecular weight excluding hydrogens is 1060 g/mol. The summed E-state index contributed by atoms with van der Waals surface area (Å²) < 4.78 is 26.1. The number of amidine groups is 1. The van der Waals surface area contributed by atoms with E-state index in [9.17, 15) is 19.2 Å². The van der Waals surface area contributed by atoms with Crippen LogP contribution < -0.4 is 31.0 Å². The maximum absolute atomic E-state index is 12.4. The van der Waals surface area contributed by atoms with Gasteiger partial charge in [-0.25, -0.2) is 9.59 Å². The fourth-order valence-electron chi connectivity index (χ4n) is 7.44. The molecule has 21 heteroatoms. The van der Waals surface area contributed by atoms with Crippen molar-refractivity contribution in [3.63, 3.8) is 0 Å². The van der Waals surface area contributed by atoms with Gasteiger partial charge in [-0.2, -0.15) is 9.97 Å². The Hall–Kier alpha value is -10.3. The van der Waals surface area contributed by atoms with E-state index in [1.165, 1.54) is 12.1 Å². The van der Waals surface area contributed by atoms with Gasteiger partial charge in [-0.3, -0.25) is 9.59 Å². The number of para-hydroxylation sites is 2. The van der Waals surface area contributed by atoms with Crippen molar-refractivity contribution in [3.8, 4) is 17.2 Å². The first-order valence-electron chi connectivity index (χ1n) is 24.7. The zero-order valence-electron chi connectivity index (χ0n) is 44.2. The van der Waals surface area contributed by atoms with Crippen LogP contribution in [0.25, 0.3) is 0 Å². The smallest absolute Gasteiger partial charge is 0.335 e. The lowest BCUT2D eigenvalue weighted by atomic mass is 10.1. The van der Waals surface area contributed by atoms with Crippen LogP contribution in [0.5, 0.6) is 17.2 Å². The Morgan fingerprint density at radius 1 is 0.531 bits per heavy atom. The van der Waals surface area contributed by atoms with Crippen LogP contribution in [0.15, 0.2) is 184 Å². The van der Waals surface area contributed by atoms with Gasteiger partial charge in [0.15, 0.2) is 11.6 Å². The van der Waals surface area contributed by atoms with Crippen LogP contribution in [0, 0.1) is 0 Å². The molecule has 0 bridgehead atoms. The Labute approximate surface area is 470 Å². The summed E-state index contributed by atoms with van der Waals surface area (Å²) in [5.41, 5.74) is 18.9. The van der Waals surface area contributed by atoms with Crippen molar-refractivity contribution in [1.82, 2.24) is 20.3 Å². The molecule has 8 N–H and O–H groups in total. The number of carboxylic acids is 2. The monoisotopic (exact) mass is 1120 g/mol. The van der Waals surface area contributed by atoms with Gasteiger partial charge >= 0.3 is 11.9 Å². The standard InChI is InChI=1S/C24H22N4O3.C18H16N2O4.C9H9ClO2.C9H10N2O3/c1-30-19-6-4-5-17(13-19)15-23-27-22(28-31-23)14-16-9-11-18(12-10-16)24(29)26-21-8-3-2-7-20(21)25;1-23-15-4-2-3-13(9-15)11-17-19-16(20-24-17)10-12-5-7-14(8-6-12)18(21)22;1-12-8-4-2-3-7(5-8)6-9(10)11;10-8(11-14)5-6-1-3-7(4-2-6)9(12)13/h2-13H,14-15,25H2,1H3,(H,26,29);2-9H,10-11H2,1H3,(H,21,22);2-5H,6H2,1H3;1-4,14H,5H2,(H2,10,11)(H,12,13). The van der Waals surface area contributed by atoms with Crippen molar-refractivity contribution in [2.24, 2.45) is 10.9 Å². The van der Waals surface area contributed by atoms with Crippen molar-refractivity contribution in [3.05, 3.63) is 243 Å². The van der Waals surface area contributed by atoms with Gasteiger partial charge < -0.3 is 55.5 Å². The lowest BCUT2D eigenvalue weighted by Crippen LogP contribution is -2.14. The number of ether oxygens (including phenoxy) is 3. The highest BCUT2D eigenvalue weighted by atomic mass is 35.5. The molecule has 416 valence electrons. The Morgan fingerprint density at radius 3 is 1.37 bits per heavy atom. The molecular formula is C60H57ClN8O12. The van der Waals surface area contributed by atoms with E-state index < -0.39 is 11.9 Å². The van der Waals surface area contributed by atoms with Crippen LogP contribution in [0.1, 0.15) is 87.9 Å². The number of rotatable bonds is 19. The zero-order chi connectivity index (χ0) is 58.1. The fourth-order valence-corrected chi connectivity index (χ4v) is 7.60. The van der Waals surface area contributed by atoms with Crippen LogP contribution >= 0.6 is 11.6 Å². The molecule has 2 aromatic heterocycles. The van der Waals surface area contributed by atoms with E-state index >= 15 is 0 Å². The van der Waals surface area contributed by atoms with E-state index in [2.05, 4.69) is 30.8 Å². The molecule has 0 saturated heterocycles. The van der Waals surface area contributed by atoms with Crippen molar-refractivity contribution >= 4 is 51.9 Å². The second-order valence-electron chi connectivity index (χ2n) is 17.5. The first kappa shape index (κ1) is 59.9. The first-order chi connectivity index (χ1) is 39.1. The number of hydrogen-bond donors (Lipinski definition) is 6. The van der Waals surface area contributed by atoms with Crippen LogP contribution in [0.3, 0.4) is 0 Å². The number of carbonyl (C=O) groups excluding carboxylic acids is 2. The van der Waals surface area contributed by atoms with Gasteiger partial charge in [-0.05, 0) is 130 Å². The lowest BCUT2D eigenvalue weighted by Gasteiger charge is -2.08. The molecule has 0 spiro atoms. The van der Waals surface area contributed by atoms with Crippen molar-refractivity contribution in [2.75, 3.05) is 32.4 Å². The number of benzene rings is 7.